The maximum Gasteiger partial charge on any atom is 0.416 e. The summed E-state index contributed by atoms with van der Waals surface area (Å²) in [7, 11) is -3.84. The van der Waals surface area contributed by atoms with Crippen LogP contribution in [0, 0.1) is 0 Å². The lowest BCUT2D eigenvalue weighted by Gasteiger charge is -2.27. The second-order valence-corrected chi connectivity index (χ2v) is 6.85. The van der Waals surface area contributed by atoms with Crippen molar-refractivity contribution in [2.45, 2.75) is 35.4 Å². The molecule has 1 saturated heterocycles. The molecule has 2 unspecified atom stereocenters. The lowest BCUT2D eigenvalue weighted by Crippen LogP contribution is -2.39. The summed E-state index contributed by atoms with van der Waals surface area (Å²) in [5, 5.41) is -0.810. The Balaban J connectivity index is 2.34. The van der Waals surface area contributed by atoms with Gasteiger partial charge < -0.3 is 10.5 Å². The van der Waals surface area contributed by atoms with Gasteiger partial charge in [-0.1, -0.05) is 6.07 Å². The molecule has 1 aliphatic rings. The van der Waals surface area contributed by atoms with E-state index in [4.69, 9.17) is 10.5 Å². The number of hydrogen-bond donors (Lipinski definition) is 1. The van der Waals surface area contributed by atoms with Gasteiger partial charge in [0.2, 0.25) is 0 Å². The predicted octanol–water partition coefficient (Wildman–Crippen LogP) is 1.94. The molecular formula is C12H14F3NO3S. The Hall–Kier alpha value is -1.12. The van der Waals surface area contributed by atoms with Crippen LogP contribution in [0.15, 0.2) is 29.2 Å². The first-order valence-corrected chi connectivity index (χ1v) is 7.54. The van der Waals surface area contributed by atoms with Gasteiger partial charge in [0.1, 0.15) is 6.23 Å². The van der Waals surface area contributed by atoms with Crippen molar-refractivity contribution < 1.29 is 26.3 Å². The molecule has 0 aromatic heterocycles. The van der Waals surface area contributed by atoms with Crippen LogP contribution in [0.4, 0.5) is 13.2 Å². The third-order valence-corrected chi connectivity index (χ3v) is 5.41. The fourth-order valence-corrected chi connectivity index (χ4v) is 3.91. The van der Waals surface area contributed by atoms with Crippen molar-refractivity contribution >= 4 is 9.84 Å². The van der Waals surface area contributed by atoms with Crippen LogP contribution in [0.2, 0.25) is 0 Å². The van der Waals surface area contributed by atoms with Crippen LogP contribution in [0.5, 0.6) is 0 Å². The van der Waals surface area contributed by atoms with Crippen molar-refractivity contribution in [2.24, 2.45) is 5.73 Å². The van der Waals surface area contributed by atoms with Crippen LogP contribution in [0.1, 0.15) is 18.4 Å². The fourth-order valence-electron chi connectivity index (χ4n) is 2.12. The average Bonchev–Trinajstić information content (AvgIpc) is 2.38. The van der Waals surface area contributed by atoms with Crippen molar-refractivity contribution in [1.29, 1.82) is 0 Å². The summed E-state index contributed by atoms with van der Waals surface area (Å²) in [4.78, 5) is -0.327. The minimum atomic E-state index is -4.57. The van der Waals surface area contributed by atoms with Gasteiger partial charge in [-0.2, -0.15) is 13.2 Å². The minimum Gasteiger partial charge on any atom is -0.364 e. The van der Waals surface area contributed by atoms with E-state index in [-0.39, 0.29) is 24.3 Å². The largest absolute Gasteiger partial charge is 0.416 e. The number of sulfone groups is 1. The summed E-state index contributed by atoms with van der Waals surface area (Å²) in [6.45, 7) is 0.185. The van der Waals surface area contributed by atoms with E-state index < -0.39 is 33.1 Å². The molecule has 4 nitrogen and oxygen atoms in total. The van der Waals surface area contributed by atoms with Gasteiger partial charge in [0, 0.05) is 13.0 Å². The Bertz CT molecular complexity index is 586. The number of halogens is 3. The standard InChI is InChI=1S/C12H14F3NO3S/c13-12(14,15)8-2-1-3-9(6-8)20(17,18)10-4-5-19-11(16)7-10/h1-3,6,10-11H,4-5,7,16H2. The van der Waals surface area contributed by atoms with E-state index in [1.54, 1.807) is 0 Å². The molecule has 1 fully saturated rings. The normalized spacial score (nSPS) is 24.6. The van der Waals surface area contributed by atoms with E-state index >= 15 is 0 Å². The van der Waals surface area contributed by atoms with Crippen LogP contribution < -0.4 is 5.73 Å². The minimum absolute atomic E-state index is 0.0819. The third kappa shape index (κ3) is 3.13. The van der Waals surface area contributed by atoms with Crippen molar-refractivity contribution in [3.8, 4) is 0 Å². The van der Waals surface area contributed by atoms with Crippen LogP contribution >= 0.6 is 0 Å². The van der Waals surface area contributed by atoms with Crippen LogP contribution in [0.3, 0.4) is 0 Å². The SMILES string of the molecule is NC1CC(S(=O)(=O)c2cccc(C(F)(F)F)c2)CCO1. The zero-order valence-electron chi connectivity index (χ0n) is 10.4. The van der Waals surface area contributed by atoms with Crippen molar-refractivity contribution in [3.63, 3.8) is 0 Å². The van der Waals surface area contributed by atoms with Crippen LogP contribution in [-0.4, -0.2) is 26.5 Å². The maximum absolute atomic E-state index is 12.6. The van der Waals surface area contributed by atoms with E-state index in [2.05, 4.69) is 0 Å². The lowest BCUT2D eigenvalue weighted by molar-refractivity contribution is -0.137. The number of ether oxygens (including phenoxy) is 1. The van der Waals surface area contributed by atoms with E-state index in [0.717, 1.165) is 12.1 Å². The first-order chi connectivity index (χ1) is 9.21. The van der Waals surface area contributed by atoms with Crippen molar-refractivity contribution in [3.05, 3.63) is 29.8 Å². The monoisotopic (exact) mass is 309 g/mol. The second-order valence-electron chi connectivity index (χ2n) is 4.63. The average molecular weight is 309 g/mol. The number of alkyl halides is 3. The van der Waals surface area contributed by atoms with Gasteiger partial charge in [-0.15, -0.1) is 0 Å². The highest BCUT2D eigenvalue weighted by molar-refractivity contribution is 7.92. The van der Waals surface area contributed by atoms with Gasteiger partial charge in [0.25, 0.3) is 0 Å². The van der Waals surface area contributed by atoms with Crippen LogP contribution in [0.25, 0.3) is 0 Å². The molecule has 0 amide bonds. The van der Waals surface area contributed by atoms with Gasteiger partial charge in [0.15, 0.2) is 9.84 Å². The number of benzene rings is 1. The highest BCUT2D eigenvalue weighted by Gasteiger charge is 2.35. The zero-order valence-corrected chi connectivity index (χ0v) is 11.2. The van der Waals surface area contributed by atoms with Gasteiger partial charge >= 0.3 is 6.18 Å². The topological polar surface area (TPSA) is 69.4 Å². The summed E-state index contributed by atoms with van der Waals surface area (Å²) in [5.74, 6) is 0. The number of nitrogens with two attached hydrogens (primary N) is 1. The molecule has 20 heavy (non-hydrogen) atoms. The van der Waals surface area contributed by atoms with E-state index in [1.165, 1.54) is 6.07 Å². The lowest BCUT2D eigenvalue weighted by atomic mass is 10.2. The molecule has 2 atom stereocenters. The molecule has 1 aromatic carbocycles. The Labute approximate surface area is 114 Å². The first-order valence-electron chi connectivity index (χ1n) is 5.99. The van der Waals surface area contributed by atoms with E-state index in [1.807, 2.05) is 0 Å². The molecule has 1 aliphatic heterocycles. The molecule has 0 radical (unpaired) electrons. The highest BCUT2D eigenvalue weighted by atomic mass is 32.2. The molecule has 0 spiro atoms. The Morgan fingerprint density at radius 1 is 1.30 bits per heavy atom. The quantitative estimate of drug-likeness (QED) is 0.906. The van der Waals surface area contributed by atoms with Gasteiger partial charge in [-0.25, -0.2) is 8.42 Å². The number of rotatable bonds is 2. The zero-order chi connectivity index (χ0) is 15.0. The van der Waals surface area contributed by atoms with E-state index in [0.29, 0.717) is 6.07 Å². The maximum atomic E-state index is 12.6. The predicted molar refractivity (Wildman–Crippen MR) is 65.6 cm³/mol. The first kappa shape index (κ1) is 15.3. The third-order valence-electron chi connectivity index (χ3n) is 3.20. The van der Waals surface area contributed by atoms with Crippen LogP contribution in [-0.2, 0) is 20.8 Å². The van der Waals surface area contributed by atoms with Crippen molar-refractivity contribution in [2.75, 3.05) is 6.61 Å². The highest BCUT2D eigenvalue weighted by Crippen LogP contribution is 2.32. The molecule has 0 bridgehead atoms. The molecule has 1 heterocycles. The molecule has 2 rings (SSSR count). The summed E-state index contributed by atoms with van der Waals surface area (Å²) < 4.78 is 67.6. The molecule has 1 aromatic rings. The Morgan fingerprint density at radius 2 is 2.00 bits per heavy atom. The molecule has 0 aliphatic carbocycles. The smallest absolute Gasteiger partial charge is 0.364 e. The van der Waals surface area contributed by atoms with Gasteiger partial charge in [0.05, 0.1) is 15.7 Å². The van der Waals surface area contributed by atoms with E-state index in [9.17, 15) is 21.6 Å². The second kappa shape index (κ2) is 5.34. The fraction of sp³-hybridized carbons (Fsp3) is 0.500. The molecule has 8 heteroatoms. The molecular weight excluding hydrogens is 295 g/mol. The molecule has 112 valence electrons. The summed E-state index contributed by atoms with van der Waals surface area (Å²) in [6, 6.07) is 3.77. The van der Waals surface area contributed by atoms with Gasteiger partial charge in [-0.05, 0) is 24.6 Å². The number of hydrogen-bond acceptors (Lipinski definition) is 4. The van der Waals surface area contributed by atoms with Crippen molar-refractivity contribution in [1.82, 2.24) is 0 Å². The van der Waals surface area contributed by atoms with Gasteiger partial charge in [-0.3, -0.25) is 0 Å². The summed E-state index contributed by atoms with van der Waals surface area (Å²) in [5.41, 5.74) is 4.56. The summed E-state index contributed by atoms with van der Waals surface area (Å²) in [6.07, 6.45) is -4.96. The summed E-state index contributed by atoms with van der Waals surface area (Å²) >= 11 is 0. The Kier molecular flexibility index (Phi) is 4.08. The Morgan fingerprint density at radius 3 is 2.60 bits per heavy atom. The molecule has 0 saturated carbocycles. The molecule has 2 N–H and O–H groups in total.